The fraction of sp³-hybridized carbons (Fsp3) is 1.00. The molecule has 1 saturated heterocycles. The van der Waals surface area contributed by atoms with Gasteiger partial charge in [0.2, 0.25) is 0 Å². The third-order valence-corrected chi connectivity index (χ3v) is 3.65. The molecule has 1 fully saturated rings. The molecule has 0 saturated carbocycles. The Morgan fingerprint density at radius 3 is 2.25 bits per heavy atom. The molecule has 20 heavy (non-hydrogen) atoms. The number of rotatable bonds is 9. The SMILES string of the molecule is CCCCCCCCO[C@H]1[C@H](O)[C@@H](CO)OC(O)[C@@H]1O. The summed E-state index contributed by atoms with van der Waals surface area (Å²) in [6.07, 6.45) is 0.968. The van der Waals surface area contributed by atoms with E-state index < -0.39 is 37.3 Å². The van der Waals surface area contributed by atoms with Crippen LogP contribution in [0.15, 0.2) is 0 Å². The Bertz CT molecular complexity index is 250. The number of aliphatic hydroxyl groups is 4. The number of ether oxygens (including phenoxy) is 2. The first-order chi connectivity index (χ1) is 9.61. The largest absolute Gasteiger partial charge is 0.394 e. The summed E-state index contributed by atoms with van der Waals surface area (Å²) in [5, 5.41) is 38.2. The van der Waals surface area contributed by atoms with E-state index in [1.165, 1.54) is 19.3 Å². The van der Waals surface area contributed by atoms with Gasteiger partial charge in [-0.1, -0.05) is 39.0 Å². The standard InChI is InChI=1S/C14H28O6/c1-2-3-4-5-6-7-8-19-13-11(16)10(9-15)20-14(18)12(13)17/h10-18H,2-9H2,1H3/t10-,11-,12-,13+,14?/m1/s1. The average molecular weight is 292 g/mol. The number of hydrogen-bond donors (Lipinski definition) is 4. The molecule has 0 aromatic carbocycles. The van der Waals surface area contributed by atoms with Crippen molar-refractivity contribution in [1.29, 1.82) is 0 Å². The maximum Gasteiger partial charge on any atom is 0.184 e. The second kappa shape index (κ2) is 9.65. The van der Waals surface area contributed by atoms with Crippen LogP contribution in [0, 0.1) is 0 Å². The highest BCUT2D eigenvalue weighted by atomic mass is 16.6. The molecule has 0 amide bonds. The van der Waals surface area contributed by atoms with Gasteiger partial charge in [0.05, 0.1) is 6.61 Å². The molecule has 0 aliphatic carbocycles. The molecule has 1 unspecified atom stereocenters. The van der Waals surface area contributed by atoms with Gasteiger partial charge in [-0.25, -0.2) is 0 Å². The van der Waals surface area contributed by atoms with Crippen LogP contribution in [-0.2, 0) is 9.47 Å². The quantitative estimate of drug-likeness (QED) is 0.452. The molecule has 4 N–H and O–H groups in total. The van der Waals surface area contributed by atoms with Crippen molar-refractivity contribution in [2.75, 3.05) is 13.2 Å². The third kappa shape index (κ3) is 5.27. The predicted molar refractivity (Wildman–Crippen MR) is 73.1 cm³/mol. The van der Waals surface area contributed by atoms with Crippen molar-refractivity contribution in [3.8, 4) is 0 Å². The van der Waals surface area contributed by atoms with Crippen molar-refractivity contribution in [2.24, 2.45) is 0 Å². The van der Waals surface area contributed by atoms with Crippen LogP contribution in [0.3, 0.4) is 0 Å². The second-order valence-corrected chi connectivity index (χ2v) is 5.33. The molecule has 6 nitrogen and oxygen atoms in total. The van der Waals surface area contributed by atoms with Crippen LogP contribution in [0.2, 0.25) is 0 Å². The monoisotopic (exact) mass is 292 g/mol. The van der Waals surface area contributed by atoms with Crippen molar-refractivity contribution in [3.05, 3.63) is 0 Å². The van der Waals surface area contributed by atoms with E-state index in [0.29, 0.717) is 6.61 Å². The van der Waals surface area contributed by atoms with Gasteiger partial charge in [0.25, 0.3) is 0 Å². The van der Waals surface area contributed by atoms with E-state index in [9.17, 15) is 15.3 Å². The first-order valence-corrected chi connectivity index (χ1v) is 7.54. The normalized spacial score (nSPS) is 34.4. The van der Waals surface area contributed by atoms with E-state index in [1.54, 1.807) is 0 Å². The van der Waals surface area contributed by atoms with Gasteiger partial charge in [-0.2, -0.15) is 0 Å². The molecular formula is C14H28O6. The van der Waals surface area contributed by atoms with Crippen LogP contribution in [0.4, 0.5) is 0 Å². The molecule has 0 bridgehead atoms. The van der Waals surface area contributed by atoms with Crippen LogP contribution in [0.1, 0.15) is 45.4 Å². The van der Waals surface area contributed by atoms with E-state index in [2.05, 4.69) is 6.92 Å². The Morgan fingerprint density at radius 1 is 0.950 bits per heavy atom. The summed E-state index contributed by atoms with van der Waals surface area (Å²) < 4.78 is 10.4. The lowest BCUT2D eigenvalue weighted by molar-refractivity contribution is -0.294. The fourth-order valence-corrected chi connectivity index (χ4v) is 2.37. The summed E-state index contributed by atoms with van der Waals surface area (Å²) in [6, 6.07) is 0. The highest BCUT2D eigenvalue weighted by Crippen LogP contribution is 2.22. The van der Waals surface area contributed by atoms with Gasteiger partial charge in [0.15, 0.2) is 6.29 Å². The van der Waals surface area contributed by atoms with E-state index in [-0.39, 0.29) is 0 Å². The first kappa shape index (κ1) is 17.8. The van der Waals surface area contributed by atoms with Crippen molar-refractivity contribution >= 4 is 0 Å². The molecule has 0 radical (unpaired) electrons. The molecule has 0 aromatic heterocycles. The Labute approximate surface area is 120 Å². The van der Waals surface area contributed by atoms with Crippen LogP contribution >= 0.6 is 0 Å². The van der Waals surface area contributed by atoms with E-state index in [1.807, 2.05) is 0 Å². The zero-order valence-electron chi connectivity index (χ0n) is 12.1. The molecule has 1 aliphatic rings. The topological polar surface area (TPSA) is 99.4 Å². The van der Waals surface area contributed by atoms with Gasteiger partial charge < -0.3 is 29.9 Å². The summed E-state index contributed by atoms with van der Waals surface area (Å²) in [5.74, 6) is 0. The fourth-order valence-electron chi connectivity index (χ4n) is 2.37. The van der Waals surface area contributed by atoms with Crippen LogP contribution in [0.25, 0.3) is 0 Å². The minimum Gasteiger partial charge on any atom is -0.394 e. The molecule has 6 heteroatoms. The van der Waals surface area contributed by atoms with E-state index >= 15 is 0 Å². The van der Waals surface area contributed by atoms with Crippen molar-refractivity contribution < 1.29 is 29.9 Å². The Hall–Kier alpha value is -0.240. The Balaban J connectivity index is 2.25. The van der Waals surface area contributed by atoms with E-state index in [0.717, 1.165) is 19.3 Å². The van der Waals surface area contributed by atoms with Crippen molar-refractivity contribution in [2.45, 2.75) is 76.2 Å². The minimum absolute atomic E-state index is 0.412. The van der Waals surface area contributed by atoms with Crippen LogP contribution in [0.5, 0.6) is 0 Å². The average Bonchev–Trinajstić information content (AvgIpc) is 2.45. The van der Waals surface area contributed by atoms with Gasteiger partial charge in [-0.3, -0.25) is 0 Å². The number of unbranched alkanes of at least 4 members (excludes halogenated alkanes) is 5. The summed E-state index contributed by atoms with van der Waals surface area (Å²) in [6.45, 7) is 2.15. The van der Waals surface area contributed by atoms with Gasteiger partial charge in [-0.15, -0.1) is 0 Å². The summed E-state index contributed by atoms with van der Waals surface area (Å²) in [5.41, 5.74) is 0. The van der Waals surface area contributed by atoms with E-state index in [4.69, 9.17) is 14.6 Å². The smallest absolute Gasteiger partial charge is 0.184 e. The molecule has 1 heterocycles. The summed E-state index contributed by atoms with van der Waals surface area (Å²) >= 11 is 0. The lowest BCUT2D eigenvalue weighted by atomic mass is 9.99. The maximum atomic E-state index is 9.91. The number of hydrogen-bond acceptors (Lipinski definition) is 6. The predicted octanol–water partition coefficient (Wildman–Crippen LogP) is 0.163. The van der Waals surface area contributed by atoms with Crippen LogP contribution < -0.4 is 0 Å². The van der Waals surface area contributed by atoms with Gasteiger partial charge in [0.1, 0.15) is 24.4 Å². The van der Waals surface area contributed by atoms with Crippen molar-refractivity contribution in [3.63, 3.8) is 0 Å². The van der Waals surface area contributed by atoms with Gasteiger partial charge in [-0.05, 0) is 6.42 Å². The van der Waals surface area contributed by atoms with Crippen LogP contribution in [-0.4, -0.2) is 64.3 Å². The zero-order valence-corrected chi connectivity index (χ0v) is 12.1. The zero-order chi connectivity index (χ0) is 15.0. The summed E-state index contributed by atoms with van der Waals surface area (Å²) in [7, 11) is 0. The van der Waals surface area contributed by atoms with Gasteiger partial charge in [0, 0.05) is 6.61 Å². The number of aliphatic hydroxyl groups excluding tert-OH is 4. The molecule has 5 atom stereocenters. The first-order valence-electron chi connectivity index (χ1n) is 7.54. The minimum atomic E-state index is -1.44. The molecule has 1 rings (SSSR count). The maximum absolute atomic E-state index is 9.91. The third-order valence-electron chi connectivity index (χ3n) is 3.65. The highest BCUT2D eigenvalue weighted by molar-refractivity contribution is 4.89. The second-order valence-electron chi connectivity index (χ2n) is 5.33. The molecule has 0 aromatic rings. The Kier molecular flexibility index (Phi) is 8.60. The Morgan fingerprint density at radius 2 is 1.60 bits per heavy atom. The lowest BCUT2D eigenvalue weighted by Crippen LogP contribution is -2.59. The lowest BCUT2D eigenvalue weighted by Gasteiger charge is -2.39. The highest BCUT2D eigenvalue weighted by Gasteiger charge is 2.44. The van der Waals surface area contributed by atoms with Crippen molar-refractivity contribution in [1.82, 2.24) is 0 Å². The summed E-state index contributed by atoms with van der Waals surface area (Å²) in [4.78, 5) is 0. The van der Waals surface area contributed by atoms with Gasteiger partial charge >= 0.3 is 0 Å². The molecular weight excluding hydrogens is 264 g/mol. The molecule has 1 aliphatic heterocycles. The molecule has 120 valence electrons. The molecule has 0 spiro atoms.